The maximum atomic E-state index is 13.0. The number of hydrogen-bond donors (Lipinski definition) is 2. The number of alkyl halides is 3. The van der Waals surface area contributed by atoms with E-state index in [1.165, 1.54) is 18.4 Å². The van der Waals surface area contributed by atoms with E-state index in [9.17, 15) is 23.2 Å². The first-order valence-electron chi connectivity index (χ1n) is 9.54. The van der Waals surface area contributed by atoms with E-state index in [-0.39, 0.29) is 23.6 Å². The Labute approximate surface area is 174 Å². The van der Waals surface area contributed by atoms with E-state index < -0.39 is 11.7 Å². The summed E-state index contributed by atoms with van der Waals surface area (Å²) in [5.41, 5.74) is 0.343. The molecule has 2 N–H and O–H groups in total. The third kappa shape index (κ3) is 3.67. The summed E-state index contributed by atoms with van der Waals surface area (Å²) >= 11 is 1.31. The number of amides is 1. The molecule has 0 aromatic carbocycles. The number of halogens is 3. The molecule has 1 saturated carbocycles. The van der Waals surface area contributed by atoms with Crippen molar-refractivity contribution in [3.8, 4) is 6.07 Å². The summed E-state index contributed by atoms with van der Waals surface area (Å²) in [6, 6.07) is 2.17. The van der Waals surface area contributed by atoms with Crippen molar-refractivity contribution in [2.75, 3.05) is 24.2 Å². The van der Waals surface area contributed by atoms with E-state index in [1.807, 2.05) is 4.90 Å². The predicted octanol–water partition coefficient (Wildman–Crippen LogP) is 3.90. The molecule has 0 saturated heterocycles. The summed E-state index contributed by atoms with van der Waals surface area (Å²) in [6.07, 6.45) is -0.343. The van der Waals surface area contributed by atoms with Gasteiger partial charge in [0.1, 0.15) is 22.5 Å². The molecule has 7 nitrogen and oxygen atoms in total. The van der Waals surface area contributed by atoms with E-state index in [0.717, 1.165) is 29.7 Å². The molecule has 1 fully saturated rings. The second-order valence-corrected chi connectivity index (χ2v) is 8.39. The van der Waals surface area contributed by atoms with Gasteiger partial charge in [-0.15, -0.1) is 11.3 Å². The van der Waals surface area contributed by atoms with Crippen LogP contribution in [0.25, 0.3) is 0 Å². The molecule has 30 heavy (non-hydrogen) atoms. The predicted molar refractivity (Wildman–Crippen MR) is 105 cm³/mol. The maximum absolute atomic E-state index is 13.0. The highest BCUT2D eigenvalue weighted by atomic mass is 32.1. The third-order valence-corrected chi connectivity index (χ3v) is 6.62. The van der Waals surface area contributed by atoms with Crippen LogP contribution in [0.5, 0.6) is 0 Å². The van der Waals surface area contributed by atoms with Crippen LogP contribution in [-0.4, -0.2) is 34.4 Å². The zero-order chi connectivity index (χ0) is 21.5. The zero-order valence-electron chi connectivity index (χ0n) is 16.1. The van der Waals surface area contributed by atoms with E-state index in [1.54, 1.807) is 0 Å². The summed E-state index contributed by atoms with van der Waals surface area (Å²) in [6.45, 7) is 1.01. The minimum atomic E-state index is -4.58. The number of fused-ring (bicyclic) bond motifs is 1. The molecule has 2 aromatic rings. The van der Waals surface area contributed by atoms with Crippen LogP contribution < -0.4 is 10.6 Å². The summed E-state index contributed by atoms with van der Waals surface area (Å²) in [5, 5.41) is 15.4. The molecular weight excluding hydrogens is 417 g/mol. The van der Waals surface area contributed by atoms with Gasteiger partial charge in [0.15, 0.2) is 0 Å². The van der Waals surface area contributed by atoms with Crippen LogP contribution in [0.15, 0.2) is 6.20 Å². The maximum Gasteiger partial charge on any atom is 0.421 e. The lowest BCUT2D eigenvalue weighted by Gasteiger charge is -2.33. The number of nitrogens with zero attached hydrogens (tertiary/aromatic N) is 4. The number of nitrogens with one attached hydrogen (secondary N) is 2. The molecule has 1 aliphatic carbocycles. The molecule has 4 rings (SSSR count). The van der Waals surface area contributed by atoms with Gasteiger partial charge in [-0.05, 0) is 24.8 Å². The number of aromatic nitrogens is 2. The Balaban J connectivity index is 1.58. The van der Waals surface area contributed by atoms with Crippen molar-refractivity contribution < 1.29 is 18.0 Å². The Hall–Kier alpha value is -2.87. The van der Waals surface area contributed by atoms with Crippen molar-refractivity contribution in [3.63, 3.8) is 0 Å². The van der Waals surface area contributed by atoms with Gasteiger partial charge in [0.2, 0.25) is 11.9 Å². The van der Waals surface area contributed by atoms with Gasteiger partial charge in [0, 0.05) is 30.6 Å². The molecule has 1 aliphatic heterocycles. The van der Waals surface area contributed by atoms with Crippen LogP contribution >= 0.6 is 11.3 Å². The number of carbonyl (C=O) groups excluding carboxylic acids is 1. The van der Waals surface area contributed by atoms with Gasteiger partial charge in [-0.25, -0.2) is 4.98 Å². The molecule has 11 heteroatoms. The number of anilines is 3. The molecule has 0 radical (unpaired) electrons. The van der Waals surface area contributed by atoms with E-state index >= 15 is 0 Å². The Morgan fingerprint density at radius 1 is 1.40 bits per heavy atom. The first-order valence-corrected chi connectivity index (χ1v) is 10.4. The topological polar surface area (TPSA) is 93.9 Å². The summed E-state index contributed by atoms with van der Waals surface area (Å²) in [7, 11) is 1.35. The molecule has 2 aliphatic rings. The molecule has 0 unspecified atom stereocenters. The van der Waals surface area contributed by atoms with Gasteiger partial charge in [-0.1, -0.05) is 6.42 Å². The first kappa shape index (κ1) is 20.4. The van der Waals surface area contributed by atoms with Crippen molar-refractivity contribution >= 4 is 34.0 Å². The van der Waals surface area contributed by atoms with Crippen molar-refractivity contribution in [1.82, 2.24) is 14.9 Å². The molecule has 158 valence electrons. The standard InChI is InChI=1S/C19H19F3N6OS/c1-24-15-13(19(20,21)22)8-25-18(26-15)27-16-12(7-23)11-5-6-28(9-14(11)30-16)17(29)10-3-2-4-10/h8,10H,2-6,9H2,1H3,(H2,24,25,26,27). The van der Waals surface area contributed by atoms with Gasteiger partial charge < -0.3 is 15.5 Å². The van der Waals surface area contributed by atoms with Crippen molar-refractivity contribution in [3.05, 3.63) is 27.8 Å². The van der Waals surface area contributed by atoms with Crippen molar-refractivity contribution in [2.45, 2.75) is 38.4 Å². The van der Waals surface area contributed by atoms with Gasteiger partial charge in [0.05, 0.1) is 12.1 Å². The Morgan fingerprint density at radius 2 is 2.17 bits per heavy atom. The fourth-order valence-corrected chi connectivity index (χ4v) is 4.86. The summed E-state index contributed by atoms with van der Waals surface area (Å²) in [5.74, 6) is -0.111. The molecule has 3 heterocycles. The second kappa shape index (κ2) is 7.75. The monoisotopic (exact) mass is 436 g/mol. The fraction of sp³-hybridized carbons (Fsp3) is 0.474. The largest absolute Gasteiger partial charge is 0.421 e. The van der Waals surface area contributed by atoms with Gasteiger partial charge in [0.25, 0.3) is 0 Å². The van der Waals surface area contributed by atoms with Crippen molar-refractivity contribution in [2.24, 2.45) is 5.92 Å². The van der Waals surface area contributed by atoms with Crippen molar-refractivity contribution in [1.29, 1.82) is 5.26 Å². The average molecular weight is 436 g/mol. The smallest absolute Gasteiger partial charge is 0.372 e. The fourth-order valence-electron chi connectivity index (χ4n) is 3.65. The molecular formula is C19H19F3N6OS. The second-order valence-electron chi connectivity index (χ2n) is 7.29. The van der Waals surface area contributed by atoms with E-state index in [4.69, 9.17) is 0 Å². The number of hydrogen-bond acceptors (Lipinski definition) is 7. The lowest BCUT2D eigenvalue weighted by Crippen LogP contribution is -2.41. The highest BCUT2D eigenvalue weighted by molar-refractivity contribution is 7.16. The number of carbonyl (C=O) groups is 1. The summed E-state index contributed by atoms with van der Waals surface area (Å²) in [4.78, 5) is 23.0. The van der Waals surface area contributed by atoms with Crippen LogP contribution in [0.3, 0.4) is 0 Å². The van der Waals surface area contributed by atoms with E-state index in [0.29, 0.717) is 36.3 Å². The zero-order valence-corrected chi connectivity index (χ0v) is 17.0. The number of nitriles is 1. The minimum Gasteiger partial charge on any atom is -0.372 e. The van der Waals surface area contributed by atoms with Crippen LogP contribution in [-0.2, 0) is 23.9 Å². The normalized spacial score (nSPS) is 16.4. The number of rotatable bonds is 4. The quantitative estimate of drug-likeness (QED) is 0.755. The SMILES string of the molecule is CNc1nc(Nc2sc3c(c2C#N)CCN(C(=O)C2CCC2)C3)ncc1C(F)(F)F. The van der Waals surface area contributed by atoms with Crippen LogP contribution in [0, 0.1) is 17.2 Å². The Morgan fingerprint density at radius 3 is 2.77 bits per heavy atom. The average Bonchev–Trinajstić information content (AvgIpc) is 3.01. The van der Waals surface area contributed by atoms with Crippen LogP contribution in [0.4, 0.5) is 29.9 Å². The molecule has 0 bridgehead atoms. The highest BCUT2D eigenvalue weighted by Crippen LogP contribution is 2.40. The molecule has 0 atom stereocenters. The highest BCUT2D eigenvalue weighted by Gasteiger charge is 2.36. The minimum absolute atomic E-state index is 0.0372. The molecule has 1 amide bonds. The molecule has 2 aromatic heterocycles. The van der Waals surface area contributed by atoms with Gasteiger partial charge >= 0.3 is 6.18 Å². The lowest BCUT2D eigenvalue weighted by atomic mass is 9.84. The van der Waals surface area contributed by atoms with Gasteiger partial charge in [-0.3, -0.25) is 4.79 Å². The van der Waals surface area contributed by atoms with Crippen LogP contribution in [0.2, 0.25) is 0 Å². The Kier molecular flexibility index (Phi) is 5.27. The van der Waals surface area contributed by atoms with E-state index in [2.05, 4.69) is 26.7 Å². The first-order chi connectivity index (χ1) is 14.3. The Bertz CT molecular complexity index is 1020. The van der Waals surface area contributed by atoms with Gasteiger partial charge in [-0.2, -0.15) is 23.4 Å². The number of thiophene rings is 1. The lowest BCUT2D eigenvalue weighted by molar-refractivity contribution is -0.139. The molecule has 0 spiro atoms. The summed E-state index contributed by atoms with van der Waals surface area (Å²) < 4.78 is 39.1. The van der Waals surface area contributed by atoms with Crippen LogP contribution in [0.1, 0.15) is 40.8 Å². The third-order valence-electron chi connectivity index (χ3n) is 5.49.